The Morgan fingerprint density at radius 2 is 1.67 bits per heavy atom. The first-order valence-corrected chi connectivity index (χ1v) is 8.38. The summed E-state index contributed by atoms with van der Waals surface area (Å²) in [6.45, 7) is 2.07. The van der Waals surface area contributed by atoms with Crippen LogP contribution in [0, 0.1) is 6.92 Å². The van der Waals surface area contributed by atoms with Gasteiger partial charge in [0, 0.05) is 16.5 Å². The number of nitrogen functional groups attached to an aromatic ring is 1. The number of benzene rings is 2. The van der Waals surface area contributed by atoms with Gasteiger partial charge in [-0.3, -0.25) is 0 Å². The van der Waals surface area contributed by atoms with Crippen molar-refractivity contribution in [2.45, 2.75) is 6.92 Å². The van der Waals surface area contributed by atoms with E-state index in [0.717, 1.165) is 28.2 Å². The third kappa shape index (κ3) is 2.68. The second kappa shape index (κ2) is 5.90. The molecule has 0 aliphatic heterocycles. The summed E-state index contributed by atoms with van der Waals surface area (Å²) in [4.78, 5) is 4.31. The third-order valence-electron chi connectivity index (χ3n) is 3.83. The van der Waals surface area contributed by atoms with Crippen LogP contribution in [0.25, 0.3) is 28.2 Å². The van der Waals surface area contributed by atoms with E-state index in [0.29, 0.717) is 5.13 Å². The number of anilines is 1. The molecule has 118 valence electrons. The highest BCUT2D eigenvalue weighted by atomic mass is 32.1. The van der Waals surface area contributed by atoms with Crippen molar-refractivity contribution in [1.29, 1.82) is 0 Å². The molecular formula is C18H15N5S. The Morgan fingerprint density at radius 1 is 0.958 bits per heavy atom. The van der Waals surface area contributed by atoms with Gasteiger partial charge in [0.1, 0.15) is 0 Å². The van der Waals surface area contributed by atoms with Gasteiger partial charge >= 0.3 is 0 Å². The molecular weight excluding hydrogens is 318 g/mol. The zero-order valence-corrected chi connectivity index (χ0v) is 13.9. The predicted molar refractivity (Wildman–Crippen MR) is 97.1 cm³/mol. The topological polar surface area (TPSA) is 69.6 Å². The molecule has 2 aromatic carbocycles. The molecule has 0 fully saturated rings. The molecule has 0 aliphatic rings. The lowest BCUT2D eigenvalue weighted by molar-refractivity contribution is 0.808. The first-order valence-electron chi connectivity index (χ1n) is 7.50. The summed E-state index contributed by atoms with van der Waals surface area (Å²) >= 11 is 1.44. The first kappa shape index (κ1) is 14.6. The Kier molecular flexibility index (Phi) is 3.59. The van der Waals surface area contributed by atoms with Gasteiger partial charge in [-0.15, -0.1) is 16.4 Å². The van der Waals surface area contributed by atoms with E-state index in [1.54, 1.807) is 6.20 Å². The van der Waals surface area contributed by atoms with Crippen molar-refractivity contribution in [3.63, 3.8) is 0 Å². The van der Waals surface area contributed by atoms with Crippen LogP contribution in [-0.4, -0.2) is 20.0 Å². The number of hydrogen-bond acceptors (Lipinski definition) is 5. The van der Waals surface area contributed by atoms with Crippen LogP contribution < -0.4 is 5.73 Å². The minimum Gasteiger partial charge on any atom is -0.375 e. The number of hydrogen-bond donors (Lipinski definition) is 1. The van der Waals surface area contributed by atoms with E-state index in [2.05, 4.69) is 46.5 Å². The van der Waals surface area contributed by atoms with E-state index in [4.69, 9.17) is 5.73 Å². The fourth-order valence-electron chi connectivity index (χ4n) is 2.54. The molecule has 0 amide bonds. The second-order valence-electron chi connectivity index (χ2n) is 5.51. The van der Waals surface area contributed by atoms with Gasteiger partial charge in [-0.2, -0.15) is 0 Å². The van der Waals surface area contributed by atoms with Gasteiger partial charge in [-0.05, 0) is 19.1 Å². The summed E-state index contributed by atoms with van der Waals surface area (Å²) in [6, 6.07) is 16.4. The molecule has 4 rings (SSSR count). The van der Waals surface area contributed by atoms with Gasteiger partial charge in [0.2, 0.25) is 0 Å². The van der Waals surface area contributed by atoms with Crippen LogP contribution in [-0.2, 0) is 0 Å². The number of aryl methyl sites for hydroxylation is 1. The van der Waals surface area contributed by atoms with Crippen LogP contribution in [0.2, 0.25) is 0 Å². The van der Waals surface area contributed by atoms with Crippen molar-refractivity contribution in [1.82, 2.24) is 20.0 Å². The zero-order chi connectivity index (χ0) is 16.5. The normalized spacial score (nSPS) is 10.9. The Labute approximate surface area is 143 Å². The number of nitrogens with zero attached hydrogens (tertiary/aromatic N) is 4. The Bertz CT molecular complexity index is 967. The van der Waals surface area contributed by atoms with E-state index in [1.165, 1.54) is 16.9 Å². The maximum atomic E-state index is 5.70. The summed E-state index contributed by atoms with van der Waals surface area (Å²) in [6.07, 6.45) is 1.78. The van der Waals surface area contributed by atoms with Crippen molar-refractivity contribution in [3.05, 3.63) is 65.7 Å². The standard InChI is InChI=1S/C18H15N5S/c1-12-2-4-14(5-3-12)17-10-20-22-23(17)15-8-6-13(7-9-15)16-11-24-18(19)21-16/h2-11H,1H3,(H2,19,21). The maximum Gasteiger partial charge on any atom is 0.180 e. The molecule has 0 atom stereocenters. The molecule has 2 aromatic heterocycles. The van der Waals surface area contributed by atoms with Crippen LogP contribution in [0.15, 0.2) is 60.1 Å². The Hall–Kier alpha value is -2.99. The van der Waals surface area contributed by atoms with Crippen LogP contribution in [0.4, 0.5) is 5.13 Å². The van der Waals surface area contributed by atoms with E-state index < -0.39 is 0 Å². The van der Waals surface area contributed by atoms with Crippen molar-refractivity contribution >= 4 is 16.5 Å². The number of aromatic nitrogens is 4. The summed E-state index contributed by atoms with van der Waals surface area (Å²) in [7, 11) is 0. The average Bonchev–Trinajstić information content (AvgIpc) is 3.25. The number of nitrogens with two attached hydrogens (primary N) is 1. The lowest BCUT2D eigenvalue weighted by atomic mass is 10.1. The van der Waals surface area contributed by atoms with Gasteiger partial charge in [0.05, 0.1) is 23.3 Å². The highest BCUT2D eigenvalue weighted by Crippen LogP contribution is 2.26. The highest BCUT2D eigenvalue weighted by Gasteiger charge is 2.09. The van der Waals surface area contributed by atoms with Gasteiger partial charge < -0.3 is 5.73 Å². The molecule has 4 aromatic rings. The van der Waals surface area contributed by atoms with Gasteiger partial charge in [0.15, 0.2) is 5.13 Å². The van der Waals surface area contributed by atoms with Crippen molar-refractivity contribution in [2.24, 2.45) is 0 Å². The second-order valence-corrected chi connectivity index (χ2v) is 6.40. The van der Waals surface area contributed by atoms with E-state index in [-0.39, 0.29) is 0 Å². The van der Waals surface area contributed by atoms with E-state index in [1.807, 2.05) is 34.3 Å². The highest BCUT2D eigenvalue weighted by molar-refractivity contribution is 7.13. The molecule has 0 bridgehead atoms. The van der Waals surface area contributed by atoms with Crippen LogP contribution in [0.3, 0.4) is 0 Å². The molecule has 0 aliphatic carbocycles. The lowest BCUT2D eigenvalue weighted by Crippen LogP contribution is -1.99. The molecule has 5 nitrogen and oxygen atoms in total. The van der Waals surface area contributed by atoms with Gasteiger partial charge in [-0.25, -0.2) is 9.67 Å². The van der Waals surface area contributed by atoms with Crippen molar-refractivity contribution in [3.8, 4) is 28.2 Å². The number of rotatable bonds is 3. The quantitative estimate of drug-likeness (QED) is 0.616. The molecule has 0 saturated carbocycles. The van der Waals surface area contributed by atoms with E-state index >= 15 is 0 Å². The molecule has 0 saturated heterocycles. The van der Waals surface area contributed by atoms with Crippen LogP contribution >= 0.6 is 11.3 Å². The molecule has 0 unspecified atom stereocenters. The van der Waals surface area contributed by atoms with Crippen LogP contribution in [0.1, 0.15) is 5.56 Å². The summed E-state index contributed by atoms with van der Waals surface area (Å²) in [5.74, 6) is 0. The van der Waals surface area contributed by atoms with Gasteiger partial charge in [-0.1, -0.05) is 47.2 Å². The lowest BCUT2D eigenvalue weighted by Gasteiger charge is -2.07. The van der Waals surface area contributed by atoms with E-state index in [9.17, 15) is 0 Å². The predicted octanol–water partition coefficient (Wildman–Crippen LogP) is 3.95. The molecule has 0 spiro atoms. The molecule has 6 heteroatoms. The molecule has 24 heavy (non-hydrogen) atoms. The SMILES string of the molecule is Cc1ccc(-c2cnnn2-c2ccc(-c3csc(N)n3)cc2)cc1. The average molecular weight is 333 g/mol. The minimum atomic E-state index is 0.576. The fourth-order valence-corrected chi connectivity index (χ4v) is 3.11. The zero-order valence-electron chi connectivity index (χ0n) is 13.0. The van der Waals surface area contributed by atoms with Gasteiger partial charge in [0.25, 0.3) is 0 Å². The number of thiazole rings is 1. The summed E-state index contributed by atoms with van der Waals surface area (Å²) in [5, 5.41) is 10.8. The summed E-state index contributed by atoms with van der Waals surface area (Å²) in [5.41, 5.74) is 11.8. The molecule has 2 heterocycles. The minimum absolute atomic E-state index is 0.576. The largest absolute Gasteiger partial charge is 0.375 e. The Balaban J connectivity index is 1.70. The third-order valence-corrected chi connectivity index (χ3v) is 4.50. The van der Waals surface area contributed by atoms with Crippen LogP contribution in [0.5, 0.6) is 0 Å². The summed E-state index contributed by atoms with van der Waals surface area (Å²) < 4.78 is 1.84. The van der Waals surface area contributed by atoms with Crippen molar-refractivity contribution in [2.75, 3.05) is 5.73 Å². The van der Waals surface area contributed by atoms with Crippen molar-refractivity contribution < 1.29 is 0 Å². The Morgan fingerprint density at radius 3 is 2.33 bits per heavy atom. The smallest absolute Gasteiger partial charge is 0.180 e. The molecule has 0 radical (unpaired) electrons. The fraction of sp³-hybridized carbons (Fsp3) is 0.0556. The maximum absolute atomic E-state index is 5.70. The molecule has 2 N–H and O–H groups in total. The monoisotopic (exact) mass is 333 g/mol. The first-order chi connectivity index (χ1) is 11.7.